The second-order valence-electron chi connectivity index (χ2n) is 5.95. The molecular weight excluding hydrogens is 290 g/mol. The molecule has 3 atom stereocenters. The van der Waals surface area contributed by atoms with Crippen LogP contribution in [0.2, 0.25) is 0 Å². The fourth-order valence-corrected chi connectivity index (χ4v) is 3.08. The largest absolute Gasteiger partial charge is 0.467 e. The molecule has 7 heteroatoms. The lowest BCUT2D eigenvalue weighted by molar-refractivity contribution is -0.240. The summed E-state index contributed by atoms with van der Waals surface area (Å²) < 4.78 is 9.92. The average molecular weight is 313 g/mol. The first-order chi connectivity index (χ1) is 10.4. The van der Waals surface area contributed by atoms with Gasteiger partial charge >= 0.3 is 5.97 Å². The Hall–Kier alpha value is -1.47. The molecule has 0 aliphatic carbocycles. The van der Waals surface area contributed by atoms with Crippen LogP contribution in [0.25, 0.3) is 0 Å². The lowest BCUT2D eigenvalue weighted by Crippen LogP contribution is -2.59. The molecule has 2 aliphatic rings. The summed E-state index contributed by atoms with van der Waals surface area (Å²) in [7, 11) is 1.25. The number of Topliss-reactive ketones (excluding diaryl/α,β-unsaturated/α-hetero) is 1. The van der Waals surface area contributed by atoms with Crippen molar-refractivity contribution < 1.29 is 29.0 Å². The van der Waals surface area contributed by atoms with Gasteiger partial charge in [-0.15, -0.1) is 0 Å². The van der Waals surface area contributed by atoms with Gasteiger partial charge in [-0.05, 0) is 32.1 Å². The maximum absolute atomic E-state index is 12.5. The summed E-state index contributed by atoms with van der Waals surface area (Å²) in [5.41, 5.74) is 0. The summed E-state index contributed by atoms with van der Waals surface area (Å²) in [6, 6.07) is -0.766. The van der Waals surface area contributed by atoms with E-state index in [1.54, 1.807) is 6.92 Å². The zero-order chi connectivity index (χ0) is 16.3. The lowest BCUT2D eigenvalue weighted by atomic mass is 9.88. The first-order valence-corrected chi connectivity index (χ1v) is 7.71. The monoisotopic (exact) mass is 313 g/mol. The minimum absolute atomic E-state index is 0.236. The van der Waals surface area contributed by atoms with E-state index in [9.17, 15) is 19.5 Å². The zero-order valence-corrected chi connectivity index (χ0v) is 13.0. The highest BCUT2D eigenvalue weighted by molar-refractivity contribution is 6.39. The summed E-state index contributed by atoms with van der Waals surface area (Å²) in [6.45, 7) is 2.22. The lowest BCUT2D eigenvalue weighted by Gasteiger charge is -2.39. The van der Waals surface area contributed by atoms with Gasteiger partial charge in [0.1, 0.15) is 6.04 Å². The third-order valence-electron chi connectivity index (χ3n) is 4.53. The minimum atomic E-state index is -2.09. The Morgan fingerprint density at radius 2 is 1.95 bits per heavy atom. The van der Waals surface area contributed by atoms with Gasteiger partial charge in [-0.2, -0.15) is 0 Å². The van der Waals surface area contributed by atoms with Crippen molar-refractivity contribution in [1.82, 2.24) is 4.90 Å². The van der Waals surface area contributed by atoms with Gasteiger partial charge in [0.15, 0.2) is 0 Å². The van der Waals surface area contributed by atoms with Crippen LogP contribution in [0.1, 0.15) is 39.0 Å². The maximum atomic E-state index is 12.5. The van der Waals surface area contributed by atoms with Gasteiger partial charge in [0, 0.05) is 12.5 Å². The molecule has 0 aromatic rings. The molecule has 2 heterocycles. The highest BCUT2D eigenvalue weighted by Gasteiger charge is 2.50. The Labute approximate surface area is 129 Å². The molecule has 2 fully saturated rings. The second kappa shape index (κ2) is 6.75. The highest BCUT2D eigenvalue weighted by Crippen LogP contribution is 2.31. The molecule has 0 saturated carbocycles. The number of carbonyl (C=O) groups is 3. The van der Waals surface area contributed by atoms with Crippen molar-refractivity contribution in [3.63, 3.8) is 0 Å². The van der Waals surface area contributed by atoms with E-state index in [1.807, 2.05) is 0 Å². The number of hydrogen-bond acceptors (Lipinski definition) is 6. The Bertz CT molecular complexity index is 465. The van der Waals surface area contributed by atoms with E-state index in [-0.39, 0.29) is 6.61 Å². The zero-order valence-electron chi connectivity index (χ0n) is 13.0. The van der Waals surface area contributed by atoms with Crippen molar-refractivity contribution >= 4 is 17.7 Å². The Morgan fingerprint density at radius 1 is 1.23 bits per heavy atom. The number of esters is 1. The normalized spacial score (nSPS) is 32.4. The van der Waals surface area contributed by atoms with Gasteiger partial charge in [-0.1, -0.05) is 6.92 Å². The Morgan fingerprint density at radius 3 is 2.59 bits per heavy atom. The third kappa shape index (κ3) is 3.01. The van der Waals surface area contributed by atoms with Crippen LogP contribution in [0.15, 0.2) is 0 Å². The minimum Gasteiger partial charge on any atom is -0.467 e. The summed E-state index contributed by atoms with van der Waals surface area (Å²) >= 11 is 0. The second-order valence-corrected chi connectivity index (χ2v) is 5.95. The van der Waals surface area contributed by atoms with Crippen LogP contribution in [0, 0.1) is 5.92 Å². The van der Waals surface area contributed by atoms with Crippen LogP contribution in [0.5, 0.6) is 0 Å². The smallest absolute Gasteiger partial charge is 0.328 e. The molecule has 0 radical (unpaired) electrons. The Kier molecular flexibility index (Phi) is 5.18. The van der Waals surface area contributed by atoms with Crippen LogP contribution in [0.3, 0.4) is 0 Å². The molecule has 2 aliphatic heterocycles. The average Bonchev–Trinajstić information content (AvgIpc) is 2.55. The standard InChI is InChI=1S/C15H23NO6/c1-10-6-5-9-22-15(10,20)12(17)13(18)16-8-4-3-7-11(16)14(19)21-2/h10-11,20H,3-9H2,1-2H3/t10?,11-,15?/m0/s1. The molecular formula is C15H23NO6. The number of aliphatic hydroxyl groups is 1. The van der Waals surface area contributed by atoms with Gasteiger partial charge in [-0.3, -0.25) is 9.59 Å². The molecule has 2 unspecified atom stereocenters. The number of piperidine rings is 1. The maximum Gasteiger partial charge on any atom is 0.328 e. The summed E-state index contributed by atoms with van der Waals surface area (Å²) in [6.07, 6.45) is 3.30. The summed E-state index contributed by atoms with van der Waals surface area (Å²) in [4.78, 5) is 38.0. The number of amides is 1. The quantitative estimate of drug-likeness (QED) is 0.593. The van der Waals surface area contributed by atoms with Crippen LogP contribution in [0.4, 0.5) is 0 Å². The predicted octanol–water partition coefficient (Wildman–Crippen LogP) is 0.245. The molecule has 124 valence electrons. The molecule has 1 N–H and O–H groups in total. The van der Waals surface area contributed by atoms with Crippen LogP contribution in [-0.4, -0.2) is 59.8 Å². The number of methoxy groups -OCH3 is 1. The number of ether oxygens (including phenoxy) is 2. The van der Waals surface area contributed by atoms with Gasteiger partial charge in [0.25, 0.3) is 11.7 Å². The van der Waals surface area contributed by atoms with E-state index < -0.39 is 35.4 Å². The number of ketones is 1. The topological polar surface area (TPSA) is 93.1 Å². The molecule has 2 saturated heterocycles. The van der Waals surface area contributed by atoms with Crippen LogP contribution < -0.4 is 0 Å². The predicted molar refractivity (Wildman–Crippen MR) is 75.7 cm³/mol. The first-order valence-electron chi connectivity index (χ1n) is 7.71. The van der Waals surface area contributed by atoms with Crippen molar-refractivity contribution in [2.24, 2.45) is 5.92 Å². The van der Waals surface area contributed by atoms with Gasteiger partial charge in [0.05, 0.1) is 13.7 Å². The number of rotatable bonds is 3. The molecule has 1 amide bonds. The van der Waals surface area contributed by atoms with Gasteiger partial charge in [-0.25, -0.2) is 4.79 Å². The van der Waals surface area contributed by atoms with Crippen molar-refractivity contribution in [2.75, 3.05) is 20.3 Å². The van der Waals surface area contributed by atoms with E-state index in [0.29, 0.717) is 25.8 Å². The molecule has 0 spiro atoms. The summed E-state index contributed by atoms with van der Waals surface area (Å²) in [5, 5.41) is 10.5. The van der Waals surface area contributed by atoms with Crippen molar-refractivity contribution in [3.8, 4) is 0 Å². The molecule has 2 rings (SSSR count). The Balaban J connectivity index is 2.17. The number of likely N-dealkylation sites (tertiary alicyclic amines) is 1. The van der Waals surface area contributed by atoms with Crippen molar-refractivity contribution in [3.05, 3.63) is 0 Å². The van der Waals surface area contributed by atoms with E-state index in [0.717, 1.165) is 12.8 Å². The molecule has 0 aromatic carbocycles. The number of carbonyl (C=O) groups excluding carboxylic acids is 3. The number of nitrogens with zero attached hydrogens (tertiary/aromatic N) is 1. The first kappa shape index (κ1) is 16.9. The molecule has 0 aromatic heterocycles. The van der Waals surface area contributed by atoms with Gasteiger partial charge < -0.3 is 19.5 Å². The fourth-order valence-electron chi connectivity index (χ4n) is 3.08. The van der Waals surface area contributed by atoms with Crippen molar-refractivity contribution in [2.45, 2.75) is 50.9 Å². The third-order valence-corrected chi connectivity index (χ3v) is 4.53. The van der Waals surface area contributed by atoms with Crippen LogP contribution >= 0.6 is 0 Å². The summed E-state index contributed by atoms with van der Waals surface area (Å²) in [5.74, 6) is -4.95. The van der Waals surface area contributed by atoms with E-state index in [2.05, 4.69) is 0 Å². The fraction of sp³-hybridized carbons (Fsp3) is 0.800. The molecule has 7 nitrogen and oxygen atoms in total. The molecule has 0 bridgehead atoms. The van der Waals surface area contributed by atoms with E-state index in [4.69, 9.17) is 9.47 Å². The van der Waals surface area contributed by atoms with Crippen molar-refractivity contribution in [1.29, 1.82) is 0 Å². The van der Waals surface area contributed by atoms with Crippen LogP contribution in [-0.2, 0) is 23.9 Å². The van der Waals surface area contributed by atoms with Gasteiger partial charge in [0.2, 0.25) is 5.79 Å². The van der Waals surface area contributed by atoms with E-state index >= 15 is 0 Å². The van der Waals surface area contributed by atoms with E-state index in [1.165, 1.54) is 12.0 Å². The molecule has 22 heavy (non-hydrogen) atoms. The highest BCUT2D eigenvalue weighted by atomic mass is 16.6. The number of hydrogen-bond donors (Lipinski definition) is 1. The SMILES string of the molecule is COC(=O)[C@@H]1CCCCN1C(=O)C(=O)C1(O)OCCCC1C.